The van der Waals surface area contributed by atoms with Gasteiger partial charge in [-0.25, -0.2) is 0 Å². The molecule has 2 aliphatic carbocycles. The minimum Gasteiger partial charge on any atom is -0.0610 e. The third-order valence-electron chi connectivity index (χ3n) is 2.38. The highest BCUT2D eigenvalue weighted by Crippen LogP contribution is 2.39. The molecule has 2 aliphatic rings. The SMILES string of the molecule is CC(C)(C)C1=C2C=CC=C2C=C1. The molecule has 0 bridgehead atoms. The van der Waals surface area contributed by atoms with Crippen LogP contribution in [0, 0.1) is 5.41 Å². The van der Waals surface area contributed by atoms with E-state index in [4.69, 9.17) is 0 Å². The van der Waals surface area contributed by atoms with E-state index >= 15 is 0 Å². The van der Waals surface area contributed by atoms with Crippen LogP contribution in [-0.4, -0.2) is 0 Å². The summed E-state index contributed by atoms with van der Waals surface area (Å²) in [5.74, 6) is 0. The Balaban J connectivity index is 2.51. The normalized spacial score (nSPS) is 20.4. The van der Waals surface area contributed by atoms with Crippen molar-refractivity contribution in [3.63, 3.8) is 0 Å². The van der Waals surface area contributed by atoms with E-state index in [0.29, 0.717) is 0 Å². The van der Waals surface area contributed by atoms with E-state index in [9.17, 15) is 0 Å². The quantitative estimate of drug-likeness (QED) is 0.507. The molecule has 0 aromatic rings. The smallest absolute Gasteiger partial charge is 0.0126 e. The van der Waals surface area contributed by atoms with Gasteiger partial charge in [-0.15, -0.1) is 0 Å². The number of hydrogen-bond acceptors (Lipinski definition) is 0. The minimum atomic E-state index is 0.274. The van der Waals surface area contributed by atoms with Crippen LogP contribution >= 0.6 is 0 Å². The lowest BCUT2D eigenvalue weighted by Gasteiger charge is -2.20. The zero-order chi connectivity index (χ0) is 8.77. The first kappa shape index (κ1) is 7.60. The monoisotopic (exact) mass is 158 g/mol. The molecule has 62 valence electrons. The van der Waals surface area contributed by atoms with Gasteiger partial charge in [-0.3, -0.25) is 0 Å². The summed E-state index contributed by atoms with van der Waals surface area (Å²) in [6.45, 7) is 6.78. The molecule has 0 N–H and O–H groups in total. The molecule has 0 fully saturated rings. The number of hydrogen-bond donors (Lipinski definition) is 0. The lowest BCUT2D eigenvalue weighted by Crippen LogP contribution is -2.07. The average Bonchev–Trinajstić information content (AvgIpc) is 2.37. The zero-order valence-electron chi connectivity index (χ0n) is 7.89. The van der Waals surface area contributed by atoms with E-state index in [2.05, 4.69) is 51.2 Å². The Morgan fingerprint density at radius 3 is 2.42 bits per heavy atom. The maximum atomic E-state index is 2.26. The van der Waals surface area contributed by atoms with E-state index in [1.807, 2.05) is 0 Å². The second-order valence-corrected chi connectivity index (χ2v) is 4.39. The molecule has 0 saturated carbocycles. The van der Waals surface area contributed by atoms with E-state index in [-0.39, 0.29) is 5.41 Å². The summed E-state index contributed by atoms with van der Waals surface area (Å²) < 4.78 is 0. The number of fused-ring (bicyclic) bond motifs is 1. The highest BCUT2D eigenvalue weighted by Gasteiger charge is 2.23. The Bertz CT molecular complexity index is 328. The van der Waals surface area contributed by atoms with Gasteiger partial charge in [-0.05, 0) is 22.1 Å². The second-order valence-electron chi connectivity index (χ2n) is 4.39. The Morgan fingerprint density at radius 2 is 1.75 bits per heavy atom. The Labute approximate surface area is 74.0 Å². The van der Waals surface area contributed by atoms with Gasteiger partial charge in [0.1, 0.15) is 0 Å². The zero-order valence-corrected chi connectivity index (χ0v) is 7.89. The maximum Gasteiger partial charge on any atom is -0.0126 e. The van der Waals surface area contributed by atoms with E-state index < -0.39 is 0 Å². The highest BCUT2D eigenvalue weighted by molar-refractivity contribution is 5.64. The molecule has 0 amide bonds. The fourth-order valence-corrected chi connectivity index (χ4v) is 1.74. The van der Waals surface area contributed by atoms with Crippen molar-refractivity contribution in [1.29, 1.82) is 0 Å². The van der Waals surface area contributed by atoms with Gasteiger partial charge in [0.25, 0.3) is 0 Å². The van der Waals surface area contributed by atoms with Gasteiger partial charge in [-0.2, -0.15) is 0 Å². The van der Waals surface area contributed by atoms with Crippen LogP contribution in [0.5, 0.6) is 0 Å². The molecule has 12 heavy (non-hydrogen) atoms. The number of rotatable bonds is 0. The number of allylic oxidation sites excluding steroid dienone is 8. The van der Waals surface area contributed by atoms with Gasteiger partial charge in [0.2, 0.25) is 0 Å². The molecule has 0 spiro atoms. The van der Waals surface area contributed by atoms with Crippen LogP contribution < -0.4 is 0 Å². The summed E-state index contributed by atoms with van der Waals surface area (Å²) in [5.41, 5.74) is 4.53. The molecule has 0 aromatic carbocycles. The second kappa shape index (κ2) is 2.22. The molecule has 0 nitrogen and oxygen atoms in total. The molecule has 0 radical (unpaired) electrons. The lowest BCUT2D eigenvalue weighted by atomic mass is 9.85. The Kier molecular flexibility index (Phi) is 1.41. The summed E-state index contributed by atoms with van der Waals surface area (Å²) in [6, 6.07) is 0. The van der Waals surface area contributed by atoms with Crippen molar-refractivity contribution in [1.82, 2.24) is 0 Å². The molecule has 2 rings (SSSR count). The average molecular weight is 158 g/mol. The lowest BCUT2D eigenvalue weighted by molar-refractivity contribution is 0.516. The first-order valence-corrected chi connectivity index (χ1v) is 4.40. The predicted octanol–water partition coefficient (Wildman–Crippen LogP) is 3.40. The summed E-state index contributed by atoms with van der Waals surface area (Å²) in [6.07, 6.45) is 10.9. The van der Waals surface area contributed by atoms with Crippen molar-refractivity contribution < 1.29 is 0 Å². The third-order valence-corrected chi connectivity index (χ3v) is 2.38. The van der Waals surface area contributed by atoms with Crippen molar-refractivity contribution in [3.8, 4) is 0 Å². The van der Waals surface area contributed by atoms with Gasteiger partial charge in [0.15, 0.2) is 0 Å². The largest absolute Gasteiger partial charge is 0.0610 e. The first-order valence-electron chi connectivity index (χ1n) is 4.40. The molecule has 0 heteroatoms. The third kappa shape index (κ3) is 0.989. The molecular weight excluding hydrogens is 144 g/mol. The Hall–Kier alpha value is -1.04. The minimum absolute atomic E-state index is 0.274. The van der Waals surface area contributed by atoms with Crippen molar-refractivity contribution in [2.45, 2.75) is 20.8 Å². The van der Waals surface area contributed by atoms with Crippen LogP contribution in [0.15, 0.2) is 47.1 Å². The van der Waals surface area contributed by atoms with Crippen LogP contribution in [0.3, 0.4) is 0 Å². The van der Waals surface area contributed by atoms with Gasteiger partial charge < -0.3 is 0 Å². The van der Waals surface area contributed by atoms with Crippen molar-refractivity contribution in [2.24, 2.45) is 5.41 Å². The predicted molar refractivity (Wildman–Crippen MR) is 52.8 cm³/mol. The molecular formula is C12H14. The standard InChI is InChI=1S/C12H14/c1-12(2,3)11-8-7-9-5-4-6-10(9)11/h4-8H,1-3H3. The highest BCUT2D eigenvalue weighted by atomic mass is 14.3. The summed E-state index contributed by atoms with van der Waals surface area (Å²) >= 11 is 0. The summed E-state index contributed by atoms with van der Waals surface area (Å²) in [5, 5.41) is 0. The fourth-order valence-electron chi connectivity index (χ4n) is 1.74. The molecule has 0 aliphatic heterocycles. The summed E-state index contributed by atoms with van der Waals surface area (Å²) in [4.78, 5) is 0. The fraction of sp³-hybridized carbons (Fsp3) is 0.333. The Morgan fingerprint density at radius 1 is 1.00 bits per heavy atom. The van der Waals surface area contributed by atoms with Crippen LogP contribution in [0.25, 0.3) is 0 Å². The van der Waals surface area contributed by atoms with Crippen molar-refractivity contribution >= 4 is 0 Å². The van der Waals surface area contributed by atoms with Crippen LogP contribution in [0.4, 0.5) is 0 Å². The summed E-state index contributed by atoms with van der Waals surface area (Å²) in [7, 11) is 0. The van der Waals surface area contributed by atoms with Crippen molar-refractivity contribution in [2.75, 3.05) is 0 Å². The van der Waals surface area contributed by atoms with Crippen LogP contribution in [-0.2, 0) is 0 Å². The van der Waals surface area contributed by atoms with Crippen LogP contribution in [0.1, 0.15) is 20.8 Å². The van der Waals surface area contributed by atoms with Gasteiger partial charge in [0, 0.05) is 0 Å². The first-order chi connectivity index (χ1) is 5.59. The molecule has 0 heterocycles. The van der Waals surface area contributed by atoms with E-state index in [0.717, 1.165) is 0 Å². The topological polar surface area (TPSA) is 0 Å². The van der Waals surface area contributed by atoms with Crippen molar-refractivity contribution in [3.05, 3.63) is 47.1 Å². The molecule has 0 unspecified atom stereocenters. The molecule has 0 aromatic heterocycles. The van der Waals surface area contributed by atoms with E-state index in [1.165, 1.54) is 16.7 Å². The molecule has 0 saturated heterocycles. The van der Waals surface area contributed by atoms with E-state index in [1.54, 1.807) is 0 Å². The van der Waals surface area contributed by atoms with Gasteiger partial charge in [0.05, 0.1) is 0 Å². The molecule has 0 atom stereocenters. The van der Waals surface area contributed by atoms with Gasteiger partial charge >= 0.3 is 0 Å². The van der Waals surface area contributed by atoms with Gasteiger partial charge in [-0.1, -0.05) is 51.2 Å². The van der Waals surface area contributed by atoms with Crippen LogP contribution in [0.2, 0.25) is 0 Å². The maximum absolute atomic E-state index is 2.26.